The first kappa shape index (κ1) is 10.3. The van der Waals surface area contributed by atoms with Crippen LogP contribution in [0.4, 0.5) is 0 Å². The smallest absolute Gasteiger partial charge is 0.0703 e. The van der Waals surface area contributed by atoms with E-state index in [2.05, 4.69) is 29.1 Å². The SMILES string of the molecule is CN(Cc1cc[nH]c1)CC1(C#N)CCC1. The second kappa shape index (κ2) is 4.08. The van der Waals surface area contributed by atoms with Crippen molar-refractivity contribution in [3.8, 4) is 6.07 Å². The highest BCUT2D eigenvalue weighted by Gasteiger charge is 2.37. The minimum Gasteiger partial charge on any atom is -0.367 e. The summed E-state index contributed by atoms with van der Waals surface area (Å²) in [5, 5.41) is 9.13. The van der Waals surface area contributed by atoms with Crippen molar-refractivity contribution in [2.45, 2.75) is 25.8 Å². The molecule has 0 bridgehead atoms. The molecule has 0 aliphatic heterocycles. The van der Waals surface area contributed by atoms with E-state index in [-0.39, 0.29) is 5.41 Å². The summed E-state index contributed by atoms with van der Waals surface area (Å²) in [5.74, 6) is 0. The Kier molecular flexibility index (Phi) is 2.79. The topological polar surface area (TPSA) is 42.8 Å². The third-order valence-corrected chi connectivity index (χ3v) is 3.24. The number of aromatic amines is 1. The number of nitrogens with zero attached hydrogens (tertiary/aromatic N) is 2. The van der Waals surface area contributed by atoms with Crippen LogP contribution in [0, 0.1) is 16.7 Å². The Morgan fingerprint density at radius 1 is 1.60 bits per heavy atom. The molecule has 1 N–H and O–H groups in total. The Hall–Kier alpha value is -1.27. The Bertz CT molecular complexity index is 343. The molecule has 3 heteroatoms. The second-order valence-corrected chi connectivity index (χ2v) is 4.64. The molecule has 15 heavy (non-hydrogen) atoms. The average Bonchev–Trinajstić information content (AvgIpc) is 2.64. The van der Waals surface area contributed by atoms with Gasteiger partial charge in [-0.05, 0) is 31.5 Å². The van der Waals surface area contributed by atoms with Gasteiger partial charge in [0.15, 0.2) is 0 Å². The first-order valence-corrected chi connectivity index (χ1v) is 5.46. The number of nitriles is 1. The molecule has 1 heterocycles. The lowest BCUT2D eigenvalue weighted by Crippen LogP contribution is -2.39. The van der Waals surface area contributed by atoms with E-state index in [9.17, 15) is 0 Å². The zero-order valence-corrected chi connectivity index (χ0v) is 9.16. The zero-order valence-electron chi connectivity index (χ0n) is 9.16. The molecule has 3 nitrogen and oxygen atoms in total. The van der Waals surface area contributed by atoms with Gasteiger partial charge >= 0.3 is 0 Å². The van der Waals surface area contributed by atoms with Crippen LogP contribution in [-0.2, 0) is 6.54 Å². The highest BCUT2D eigenvalue weighted by molar-refractivity contribution is 5.10. The van der Waals surface area contributed by atoms with Gasteiger partial charge in [0.1, 0.15) is 0 Å². The van der Waals surface area contributed by atoms with Crippen LogP contribution in [0.2, 0.25) is 0 Å². The van der Waals surface area contributed by atoms with E-state index in [0.29, 0.717) is 0 Å². The number of rotatable bonds is 4. The summed E-state index contributed by atoms with van der Waals surface area (Å²) in [6, 6.07) is 4.56. The van der Waals surface area contributed by atoms with Crippen LogP contribution < -0.4 is 0 Å². The van der Waals surface area contributed by atoms with Gasteiger partial charge in [-0.3, -0.25) is 0 Å². The van der Waals surface area contributed by atoms with Crippen LogP contribution in [0.1, 0.15) is 24.8 Å². The van der Waals surface area contributed by atoms with Crippen molar-refractivity contribution in [2.24, 2.45) is 5.41 Å². The van der Waals surface area contributed by atoms with Crippen molar-refractivity contribution < 1.29 is 0 Å². The molecule has 1 saturated carbocycles. The van der Waals surface area contributed by atoms with Gasteiger partial charge in [-0.15, -0.1) is 0 Å². The van der Waals surface area contributed by atoms with Crippen molar-refractivity contribution in [2.75, 3.05) is 13.6 Å². The van der Waals surface area contributed by atoms with Crippen molar-refractivity contribution in [1.82, 2.24) is 9.88 Å². The van der Waals surface area contributed by atoms with E-state index in [1.807, 2.05) is 12.4 Å². The molecule has 0 radical (unpaired) electrons. The molecular weight excluding hydrogens is 186 g/mol. The fraction of sp³-hybridized carbons (Fsp3) is 0.583. The molecule has 0 atom stereocenters. The van der Waals surface area contributed by atoms with E-state index in [0.717, 1.165) is 25.9 Å². The van der Waals surface area contributed by atoms with E-state index < -0.39 is 0 Å². The predicted molar refractivity (Wildman–Crippen MR) is 59.0 cm³/mol. The quantitative estimate of drug-likeness (QED) is 0.814. The minimum atomic E-state index is -0.0505. The summed E-state index contributed by atoms with van der Waals surface area (Å²) in [7, 11) is 2.09. The highest BCUT2D eigenvalue weighted by atomic mass is 15.1. The van der Waals surface area contributed by atoms with Crippen molar-refractivity contribution >= 4 is 0 Å². The fourth-order valence-corrected chi connectivity index (χ4v) is 2.25. The molecule has 1 aliphatic carbocycles. The number of H-pyrrole nitrogens is 1. The van der Waals surface area contributed by atoms with Crippen molar-refractivity contribution in [1.29, 1.82) is 5.26 Å². The minimum absolute atomic E-state index is 0.0505. The molecular formula is C12H17N3. The Balaban J connectivity index is 1.87. The number of hydrogen-bond acceptors (Lipinski definition) is 2. The predicted octanol–water partition coefficient (Wildman–Crippen LogP) is 2.14. The summed E-state index contributed by atoms with van der Waals surface area (Å²) in [5.41, 5.74) is 1.23. The lowest BCUT2D eigenvalue weighted by atomic mass is 9.69. The summed E-state index contributed by atoms with van der Waals surface area (Å²) >= 11 is 0. The monoisotopic (exact) mass is 203 g/mol. The molecule has 1 aliphatic rings. The van der Waals surface area contributed by atoms with Gasteiger partial charge in [0.25, 0.3) is 0 Å². The maximum Gasteiger partial charge on any atom is 0.0703 e. The molecule has 0 amide bonds. The van der Waals surface area contributed by atoms with Crippen molar-refractivity contribution in [3.05, 3.63) is 24.0 Å². The molecule has 0 unspecified atom stereocenters. The van der Waals surface area contributed by atoms with E-state index in [1.54, 1.807) is 0 Å². The van der Waals surface area contributed by atoms with Gasteiger partial charge < -0.3 is 9.88 Å². The third-order valence-electron chi connectivity index (χ3n) is 3.24. The molecule has 1 fully saturated rings. The van der Waals surface area contributed by atoms with Gasteiger partial charge in [-0.25, -0.2) is 0 Å². The highest BCUT2D eigenvalue weighted by Crippen LogP contribution is 2.40. The van der Waals surface area contributed by atoms with Gasteiger partial charge in [-0.1, -0.05) is 6.42 Å². The first-order valence-electron chi connectivity index (χ1n) is 5.46. The number of aromatic nitrogens is 1. The zero-order chi connectivity index (χ0) is 10.7. The van der Waals surface area contributed by atoms with Gasteiger partial charge in [0.2, 0.25) is 0 Å². The van der Waals surface area contributed by atoms with Crippen LogP contribution in [-0.4, -0.2) is 23.5 Å². The summed E-state index contributed by atoms with van der Waals surface area (Å²) < 4.78 is 0. The third kappa shape index (κ3) is 2.21. The standard InChI is InChI=1S/C12H17N3/c1-15(8-11-3-6-14-7-11)10-12(9-13)4-2-5-12/h3,6-7,14H,2,4-5,8,10H2,1H3. The van der Waals surface area contributed by atoms with Crippen LogP contribution in [0.25, 0.3) is 0 Å². The molecule has 0 spiro atoms. The lowest BCUT2D eigenvalue weighted by Gasteiger charge is -2.38. The van der Waals surface area contributed by atoms with Crippen LogP contribution in [0.3, 0.4) is 0 Å². The number of nitrogens with one attached hydrogen (secondary N) is 1. The summed E-state index contributed by atoms with van der Waals surface area (Å²) in [6.07, 6.45) is 7.30. The van der Waals surface area contributed by atoms with Crippen molar-refractivity contribution in [3.63, 3.8) is 0 Å². The average molecular weight is 203 g/mol. The van der Waals surface area contributed by atoms with Gasteiger partial charge in [0.05, 0.1) is 11.5 Å². The maximum atomic E-state index is 9.13. The summed E-state index contributed by atoms with van der Waals surface area (Å²) in [6.45, 7) is 1.82. The first-order chi connectivity index (χ1) is 7.24. The molecule has 1 aromatic heterocycles. The normalized spacial score (nSPS) is 18.5. The largest absolute Gasteiger partial charge is 0.367 e. The van der Waals surface area contributed by atoms with Gasteiger partial charge in [0, 0.05) is 25.5 Å². The van der Waals surface area contributed by atoms with E-state index in [1.165, 1.54) is 12.0 Å². The van der Waals surface area contributed by atoms with Gasteiger partial charge in [-0.2, -0.15) is 5.26 Å². The fourth-order valence-electron chi connectivity index (χ4n) is 2.25. The van der Waals surface area contributed by atoms with Crippen LogP contribution >= 0.6 is 0 Å². The molecule has 0 saturated heterocycles. The Morgan fingerprint density at radius 3 is 2.87 bits per heavy atom. The second-order valence-electron chi connectivity index (χ2n) is 4.64. The summed E-state index contributed by atoms with van der Waals surface area (Å²) in [4.78, 5) is 5.29. The molecule has 1 aromatic rings. The maximum absolute atomic E-state index is 9.13. The molecule has 80 valence electrons. The van der Waals surface area contributed by atoms with E-state index >= 15 is 0 Å². The van der Waals surface area contributed by atoms with E-state index in [4.69, 9.17) is 5.26 Å². The number of hydrogen-bond donors (Lipinski definition) is 1. The molecule has 2 rings (SSSR count). The molecule has 0 aromatic carbocycles. The Labute approximate surface area is 90.7 Å². The van der Waals surface area contributed by atoms with Crippen LogP contribution in [0.5, 0.6) is 0 Å². The Morgan fingerprint density at radius 2 is 2.40 bits per heavy atom. The lowest BCUT2D eigenvalue weighted by molar-refractivity contribution is 0.134. The van der Waals surface area contributed by atoms with Crippen LogP contribution in [0.15, 0.2) is 18.5 Å².